The Bertz CT molecular complexity index is 627. The zero-order valence-electron chi connectivity index (χ0n) is 10.6. The number of ether oxygens (including phenoxy) is 1. The molecule has 0 atom stereocenters. The molecule has 2 aromatic rings. The first-order valence-electron chi connectivity index (χ1n) is 5.90. The van der Waals surface area contributed by atoms with E-state index < -0.39 is 0 Å². The number of nitriles is 1. The normalized spacial score (nSPS) is 9.68. The van der Waals surface area contributed by atoms with E-state index in [1.165, 1.54) is 7.11 Å². The van der Waals surface area contributed by atoms with Crippen molar-refractivity contribution in [1.29, 1.82) is 5.26 Å². The van der Waals surface area contributed by atoms with Gasteiger partial charge in [0, 0.05) is 0 Å². The highest BCUT2D eigenvalue weighted by Gasteiger charge is 2.10. The number of nitrogens with zero attached hydrogens (tertiary/aromatic N) is 1. The highest BCUT2D eigenvalue weighted by molar-refractivity contribution is 5.89. The van der Waals surface area contributed by atoms with Crippen molar-refractivity contribution in [2.75, 3.05) is 7.11 Å². The number of carbonyl (C=O) groups excluding carboxylic acids is 1. The lowest BCUT2D eigenvalue weighted by Gasteiger charge is -2.07. The third-order valence-electron chi connectivity index (χ3n) is 2.88. The van der Waals surface area contributed by atoms with Crippen LogP contribution in [0.1, 0.15) is 27.0 Å². The van der Waals surface area contributed by atoms with E-state index in [0.29, 0.717) is 17.5 Å². The fourth-order valence-corrected chi connectivity index (χ4v) is 1.91. The maximum atomic E-state index is 11.5. The van der Waals surface area contributed by atoms with Crippen molar-refractivity contribution in [1.82, 2.24) is 0 Å². The molecule has 0 saturated heterocycles. The minimum Gasteiger partial charge on any atom is -0.465 e. The molecule has 2 rings (SSSR count). The Labute approximate surface area is 112 Å². The molecule has 19 heavy (non-hydrogen) atoms. The summed E-state index contributed by atoms with van der Waals surface area (Å²) in [6, 6.07) is 17.0. The number of carbonyl (C=O) groups is 1. The SMILES string of the molecule is COC(=O)c1ccc(C#N)c(Cc2ccccc2)c1. The van der Waals surface area contributed by atoms with Crippen molar-refractivity contribution in [3.05, 3.63) is 70.8 Å². The molecule has 0 bridgehead atoms. The first-order chi connectivity index (χ1) is 9.24. The number of hydrogen-bond acceptors (Lipinski definition) is 3. The Morgan fingerprint density at radius 1 is 1.21 bits per heavy atom. The smallest absolute Gasteiger partial charge is 0.337 e. The van der Waals surface area contributed by atoms with E-state index in [1.807, 2.05) is 30.3 Å². The fraction of sp³-hybridized carbons (Fsp3) is 0.125. The molecule has 0 aliphatic rings. The van der Waals surface area contributed by atoms with Crippen LogP contribution in [0.25, 0.3) is 0 Å². The van der Waals surface area contributed by atoms with Crippen LogP contribution in [-0.2, 0) is 11.2 Å². The van der Waals surface area contributed by atoms with Gasteiger partial charge >= 0.3 is 5.97 Å². The van der Waals surface area contributed by atoms with Gasteiger partial charge in [0.25, 0.3) is 0 Å². The van der Waals surface area contributed by atoms with Crippen LogP contribution in [0, 0.1) is 11.3 Å². The predicted molar refractivity (Wildman–Crippen MR) is 71.7 cm³/mol. The average Bonchev–Trinajstić information content (AvgIpc) is 2.47. The van der Waals surface area contributed by atoms with E-state index in [4.69, 9.17) is 10.00 Å². The quantitative estimate of drug-likeness (QED) is 0.788. The van der Waals surface area contributed by atoms with Gasteiger partial charge < -0.3 is 4.74 Å². The molecule has 3 heteroatoms. The maximum absolute atomic E-state index is 11.5. The molecule has 0 aliphatic carbocycles. The molecular weight excluding hydrogens is 238 g/mol. The maximum Gasteiger partial charge on any atom is 0.337 e. The second-order valence-corrected chi connectivity index (χ2v) is 4.14. The highest BCUT2D eigenvalue weighted by Crippen LogP contribution is 2.16. The summed E-state index contributed by atoms with van der Waals surface area (Å²) in [6.45, 7) is 0. The number of esters is 1. The van der Waals surface area contributed by atoms with Gasteiger partial charge in [-0.15, -0.1) is 0 Å². The van der Waals surface area contributed by atoms with Crippen LogP contribution in [-0.4, -0.2) is 13.1 Å². The lowest BCUT2D eigenvalue weighted by atomic mass is 9.98. The number of rotatable bonds is 3. The second-order valence-electron chi connectivity index (χ2n) is 4.14. The zero-order chi connectivity index (χ0) is 13.7. The van der Waals surface area contributed by atoms with Crippen LogP contribution in [0.3, 0.4) is 0 Å². The Balaban J connectivity index is 2.37. The van der Waals surface area contributed by atoms with Crippen molar-refractivity contribution in [2.45, 2.75) is 6.42 Å². The predicted octanol–water partition coefficient (Wildman–Crippen LogP) is 2.94. The van der Waals surface area contributed by atoms with Crippen molar-refractivity contribution in [3.8, 4) is 6.07 Å². The average molecular weight is 251 g/mol. The summed E-state index contributed by atoms with van der Waals surface area (Å²) in [6.07, 6.45) is 0.620. The van der Waals surface area contributed by atoms with Crippen molar-refractivity contribution < 1.29 is 9.53 Å². The van der Waals surface area contributed by atoms with Gasteiger partial charge in [0.2, 0.25) is 0 Å². The molecule has 0 unspecified atom stereocenters. The van der Waals surface area contributed by atoms with Gasteiger partial charge in [-0.3, -0.25) is 0 Å². The standard InChI is InChI=1S/C16H13NO2/c1-19-16(18)13-7-8-14(11-17)15(10-13)9-12-5-3-2-4-6-12/h2-8,10H,9H2,1H3. The molecule has 0 spiro atoms. The molecule has 0 aromatic heterocycles. The minimum atomic E-state index is -0.390. The summed E-state index contributed by atoms with van der Waals surface area (Å²) < 4.78 is 4.69. The van der Waals surface area contributed by atoms with Gasteiger partial charge in [0.1, 0.15) is 0 Å². The lowest BCUT2D eigenvalue weighted by molar-refractivity contribution is 0.0600. The Hall–Kier alpha value is -2.60. The highest BCUT2D eigenvalue weighted by atomic mass is 16.5. The van der Waals surface area contributed by atoms with Gasteiger partial charge in [-0.25, -0.2) is 4.79 Å². The molecule has 0 radical (unpaired) electrons. The van der Waals surface area contributed by atoms with Gasteiger partial charge in [-0.05, 0) is 35.7 Å². The molecule has 0 N–H and O–H groups in total. The fourth-order valence-electron chi connectivity index (χ4n) is 1.91. The summed E-state index contributed by atoms with van der Waals surface area (Å²) in [5.41, 5.74) is 2.97. The van der Waals surface area contributed by atoms with E-state index in [9.17, 15) is 4.79 Å². The van der Waals surface area contributed by atoms with Crippen molar-refractivity contribution in [2.24, 2.45) is 0 Å². The zero-order valence-corrected chi connectivity index (χ0v) is 10.6. The molecule has 0 fully saturated rings. The van der Waals surface area contributed by atoms with Crippen LogP contribution in [0.5, 0.6) is 0 Å². The number of methoxy groups -OCH3 is 1. The van der Waals surface area contributed by atoms with Gasteiger partial charge in [0.05, 0.1) is 24.3 Å². The summed E-state index contributed by atoms with van der Waals surface area (Å²) >= 11 is 0. The van der Waals surface area contributed by atoms with Crippen LogP contribution in [0.15, 0.2) is 48.5 Å². The molecule has 3 nitrogen and oxygen atoms in total. The Morgan fingerprint density at radius 3 is 2.58 bits per heavy atom. The second kappa shape index (κ2) is 5.83. The van der Waals surface area contributed by atoms with Crippen LogP contribution < -0.4 is 0 Å². The van der Waals surface area contributed by atoms with Gasteiger partial charge in [-0.2, -0.15) is 5.26 Å². The van der Waals surface area contributed by atoms with E-state index in [1.54, 1.807) is 18.2 Å². The Morgan fingerprint density at radius 2 is 1.95 bits per heavy atom. The largest absolute Gasteiger partial charge is 0.465 e. The molecule has 0 heterocycles. The molecular formula is C16H13NO2. The van der Waals surface area contributed by atoms with Crippen molar-refractivity contribution in [3.63, 3.8) is 0 Å². The first-order valence-corrected chi connectivity index (χ1v) is 5.90. The van der Waals surface area contributed by atoms with Crippen molar-refractivity contribution >= 4 is 5.97 Å². The van der Waals surface area contributed by atoms with Gasteiger partial charge in [-0.1, -0.05) is 30.3 Å². The monoisotopic (exact) mass is 251 g/mol. The van der Waals surface area contributed by atoms with E-state index >= 15 is 0 Å². The third kappa shape index (κ3) is 2.99. The molecule has 0 amide bonds. The van der Waals surface area contributed by atoms with Crippen LogP contribution >= 0.6 is 0 Å². The molecule has 0 saturated carbocycles. The number of benzene rings is 2. The van der Waals surface area contributed by atoms with E-state index in [0.717, 1.165) is 11.1 Å². The summed E-state index contributed by atoms with van der Waals surface area (Å²) in [5, 5.41) is 9.12. The van der Waals surface area contributed by atoms with Crippen LogP contribution in [0.2, 0.25) is 0 Å². The minimum absolute atomic E-state index is 0.390. The topological polar surface area (TPSA) is 50.1 Å². The third-order valence-corrected chi connectivity index (χ3v) is 2.88. The molecule has 94 valence electrons. The summed E-state index contributed by atoms with van der Waals surface area (Å²) in [5.74, 6) is -0.390. The molecule has 0 aliphatic heterocycles. The Kier molecular flexibility index (Phi) is 3.94. The molecule has 2 aromatic carbocycles. The number of hydrogen-bond donors (Lipinski definition) is 0. The van der Waals surface area contributed by atoms with Crippen LogP contribution in [0.4, 0.5) is 0 Å². The first kappa shape index (κ1) is 12.8. The summed E-state index contributed by atoms with van der Waals surface area (Å²) in [4.78, 5) is 11.5. The van der Waals surface area contributed by atoms with E-state index in [2.05, 4.69) is 6.07 Å². The summed E-state index contributed by atoms with van der Waals surface area (Å²) in [7, 11) is 1.34. The van der Waals surface area contributed by atoms with Gasteiger partial charge in [0.15, 0.2) is 0 Å². The van der Waals surface area contributed by atoms with E-state index in [-0.39, 0.29) is 5.97 Å². The lowest BCUT2D eigenvalue weighted by Crippen LogP contribution is -2.03.